The highest BCUT2D eigenvalue weighted by Crippen LogP contribution is 2.37. The Morgan fingerprint density at radius 1 is 1.07 bits per heavy atom. The van der Waals surface area contributed by atoms with Crippen molar-refractivity contribution in [3.05, 3.63) is 65.7 Å². The summed E-state index contributed by atoms with van der Waals surface area (Å²) in [5.74, 6) is 1.14. The molecule has 2 aromatic rings. The fourth-order valence-corrected chi connectivity index (χ4v) is 4.83. The van der Waals surface area contributed by atoms with Gasteiger partial charge in [-0.15, -0.1) is 21.2 Å². The number of thioether (sulfide) groups is 1. The van der Waals surface area contributed by atoms with Gasteiger partial charge in [0.1, 0.15) is 6.61 Å². The normalized spacial score (nSPS) is 15.6. The van der Waals surface area contributed by atoms with E-state index in [0.717, 1.165) is 32.1 Å². The molecule has 0 bridgehead atoms. The van der Waals surface area contributed by atoms with Crippen molar-refractivity contribution < 1.29 is 18.7 Å². The predicted molar refractivity (Wildman–Crippen MR) is 122 cm³/mol. The van der Waals surface area contributed by atoms with Crippen molar-refractivity contribution in [2.75, 3.05) is 32.1 Å². The second-order valence-electron chi connectivity index (χ2n) is 7.69. The van der Waals surface area contributed by atoms with Crippen molar-refractivity contribution in [2.45, 2.75) is 42.5 Å². The fraction of sp³-hybridized carbons (Fsp3) is 0.478. The van der Waals surface area contributed by atoms with Crippen LogP contribution in [0.5, 0.6) is 0 Å². The first-order chi connectivity index (χ1) is 14.7. The Labute approximate surface area is 184 Å². The zero-order valence-electron chi connectivity index (χ0n) is 17.3. The van der Waals surface area contributed by atoms with Crippen LogP contribution in [0.4, 0.5) is 0 Å². The summed E-state index contributed by atoms with van der Waals surface area (Å²) in [6.07, 6.45) is 4.35. The fourth-order valence-electron chi connectivity index (χ4n) is 3.63. The van der Waals surface area contributed by atoms with Gasteiger partial charge in [-0.3, -0.25) is 0 Å². The van der Waals surface area contributed by atoms with Crippen LogP contribution in [0, 0.1) is 0 Å². The van der Waals surface area contributed by atoms with Crippen LogP contribution in [0.25, 0.3) is 0 Å². The van der Waals surface area contributed by atoms with Crippen molar-refractivity contribution >= 4 is 20.0 Å². The molecular formula is C23H31NO4PS+. The molecular weight excluding hydrogens is 417 g/mol. The molecule has 30 heavy (non-hydrogen) atoms. The standard InChI is InChI=1S/C23H30NO4PS/c25-29(26)28-15-6-14-24-17-20-9-11-22(12-10-20)30-16-5-4-13-23(18-27-19-23)21-7-2-1-3-8-21/h1-3,7-12,24H,4-6,13-19H2/p+1. The van der Waals surface area contributed by atoms with E-state index in [4.69, 9.17) is 9.63 Å². The monoisotopic (exact) mass is 448 g/mol. The van der Waals surface area contributed by atoms with Crippen molar-refractivity contribution in [2.24, 2.45) is 0 Å². The van der Waals surface area contributed by atoms with E-state index in [1.165, 1.54) is 35.3 Å². The van der Waals surface area contributed by atoms with E-state index in [1.54, 1.807) is 0 Å². The average molecular weight is 449 g/mol. The van der Waals surface area contributed by atoms with E-state index in [0.29, 0.717) is 13.0 Å². The van der Waals surface area contributed by atoms with E-state index < -0.39 is 8.25 Å². The maximum Gasteiger partial charge on any atom is 0.694 e. The quantitative estimate of drug-likeness (QED) is 0.239. The summed E-state index contributed by atoms with van der Waals surface area (Å²) in [4.78, 5) is 9.87. The second kappa shape index (κ2) is 12.6. The third kappa shape index (κ3) is 7.45. The van der Waals surface area contributed by atoms with Crippen molar-refractivity contribution in [1.82, 2.24) is 5.32 Å². The molecule has 0 saturated carbocycles. The van der Waals surface area contributed by atoms with Gasteiger partial charge < -0.3 is 10.1 Å². The van der Waals surface area contributed by atoms with E-state index in [-0.39, 0.29) is 5.41 Å². The lowest BCUT2D eigenvalue weighted by atomic mass is 9.75. The first kappa shape index (κ1) is 23.4. The third-order valence-electron chi connectivity index (χ3n) is 5.41. The van der Waals surface area contributed by atoms with Gasteiger partial charge in [0.05, 0.1) is 13.2 Å². The SMILES string of the molecule is O=[P+](O)OCCCNCc1ccc(SCCCCC2(c3ccccc3)COC2)cc1. The molecule has 2 N–H and O–H groups in total. The lowest BCUT2D eigenvalue weighted by Gasteiger charge is -2.42. The highest BCUT2D eigenvalue weighted by molar-refractivity contribution is 7.99. The van der Waals surface area contributed by atoms with Gasteiger partial charge >= 0.3 is 8.25 Å². The summed E-state index contributed by atoms with van der Waals surface area (Å²) >= 11 is 1.92. The molecule has 7 heteroatoms. The molecule has 1 unspecified atom stereocenters. The number of ether oxygens (including phenoxy) is 1. The minimum absolute atomic E-state index is 0.238. The molecule has 0 amide bonds. The third-order valence-corrected chi connectivity index (χ3v) is 6.92. The Morgan fingerprint density at radius 2 is 1.83 bits per heavy atom. The predicted octanol–water partition coefficient (Wildman–Crippen LogP) is 5.06. The second-order valence-corrected chi connectivity index (χ2v) is 9.59. The van der Waals surface area contributed by atoms with Crippen LogP contribution >= 0.6 is 20.0 Å². The van der Waals surface area contributed by atoms with Gasteiger partial charge in [-0.05, 0) is 54.8 Å². The van der Waals surface area contributed by atoms with Gasteiger partial charge in [0.15, 0.2) is 0 Å². The Kier molecular flexibility index (Phi) is 9.79. The maximum atomic E-state index is 10.4. The smallest absolute Gasteiger partial charge is 0.379 e. The largest absolute Gasteiger partial charge is 0.694 e. The minimum atomic E-state index is -2.48. The van der Waals surface area contributed by atoms with Crippen LogP contribution in [0.3, 0.4) is 0 Å². The zero-order valence-corrected chi connectivity index (χ0v) is 19.0. The molecule has 1 fully saturated rings. The number of rotatable bonds is 14. The Balaban J connectivity index is 1.29. The van der Waals surface area contributed by atoms with Crippen LogP contribution in [0.1, 0.15) is 36.8 Å². The van der Waals surface area contributed by atoms with E-state index in [2.05, 4.69) is 64.4 Å². The summed E-state index contributed by atoms with van der Waals surface area (Å²) in [5, 5.41) is 3.32. The first-order valence-corrected chi connectivity index (χ1v) is 12.6. The molecule has 162 valence electrons. The van der Waals surface area contributed by atoms with Crippen molar-refractivity contribution in [3.8, 4) is 0 Å². The van der Waals surface area contributed by atoms with Gasteiger partial charge in [-0.1, -0.05) is 48.9 Å². The van der Waals surface area contributed by atoms with Crippen LogP contribution in [-0.4, -0.2) is 37.0 Å². The van der Waals surface area contributed by atoms with Gasteiger partial charge in [0, 0.05) is 21.4 Å². The Bertz CT molecular complexity index is 769. The van der Waals surface area contributed by atoms with Crippen LogP contribution < -0.4 is 5.32 Å². The molecule has 1 atom stereocenters. The number of hydrogen-bond donors (Lipinski definition) is 2. The highest BCUT2D eigenvalue weighted by Gasteiger charge is 2.39. The number of nitrogens with one attached hydrogen (secondary N) is 1. The molecule has 0 aromatic heterocycles. The summed E-state index contributed by atoms with van der Waals surface area (Å²) in [7, 11) is -2.48. The van der Waals surface area contributed by atoms with Gasteiger partial charge in [-0.25, -0.2) is 0 Å². The van der Waals surface area contributed by atoms with Gasteiger partial charge in [0.25, 0.3) is 0 Å². The lowest BCUT2D eigenvalue weighted by Crippen LogP contribution is -2.46. The van der Waals surface area contributed by atoms with Crippen molar-refractivity contribution in [3.63, 3.8) is 0 Å². The Hall–Kier alpha value is -1.27. The summed E-state index contributed by atoms with van der Waals surface area (Å²) in [5.41, 5.74) is 2.90. The molecule has 1 saturated heterocycles. The molecule has 0 spiro atoms. The van der Waals surface area contributed by atoms with E-state index in [9.17, 15) is 4.57 Å². The summed E-state index contributed by atoms with van der Waals surface area (Å²) in [6.45, 7) is 3.56. The summed E-state index contributed by atoms with van der Waals surface area (Å²) < 4.78 is 20.6. The van der Waals surface area contributed by atoms with Crippen LogP contribution in [0.2, 0.25) is 0 Å². The number of hydrogen-bond acceptors (Lipinski definition) is 5. The van der Waals surface area contributed by atoms with Crippen LogP contribution in [-0.2, 0) is 25.8 Å². The van der Waals surface area contributed by atoms with E-state index >= 15 is 0 Å². The first-order valence-electron chi connectivity index (χ1n) is 10.5. The number of unbranched alkanes of at least 4 members (excludes halogenated alkanes) is 1. The van der Waals surface area contributed by atoms with Crippen LogP contribution in [0.15, 0.2) is 59.5 Å². The molecule has 1 aliphatic heterocycles. The highest BCUT2D eigenvalue weighted by atomic mass is 32.2. The van der Waals surface area contributed by atoms with E-state index in [1.807, 2.05) is 11.8 Å². The van der Waals surface area contributed by atoms with Gasteiger partial charge in [0.2, 0.25) is 0 Å². The van der Waals surface area contributed by atoms with Crippen molar-refractivity contribution in [1.29, 1.82) is 0 Å². The topological polar surface area (TPSA) is 67.8 Å². The molecule has 2 aromatic carbocycles. The Morgan fingerprint density at radius 3 is 2.50 bits per heavy atom. The molecule has 5 nitrogen and oxygen atoms in total. The lowest BCUT2D eigenvalue weighted by molar-refractivity contribution is -0.0652. The number of benzene rings is 2. The molecule has 3 rings (SSSR count). The minimum Gasteiger partial charge on any atom is -0.379 e. The summed E-state index contributed by atoms with van der Waals surface area (Å²) in [6, 6.07) is 19.5. The van der Waals surface area contributed by atoms with Gasteiger partial charge in [-0.2, -0.15) is 0 Å². The molecule has 0 radical (unpaired) electrons. The molecule has 0 aliphatic carbocycles. The maximum absolute atomic E-state index is 10.4. The zero-order chi connectivity index (χ0) is 21.1. The average Bonchev–Trinajstić information content (AvgIpc) is 2.73. The molecule has 1 heterocycles. The molecule has 1 aliphatic rings.